The highest BCUT2D eigenvalue weighted by molar-refractivity contribution is 7.13. The highest BCUT2D eigenvalue weighted by atomic mass is 32.1. The third kappa shape index (κ3) is 3.07. The number of hydrogen-bond acceptors (Lipinski definition) is 3. The fourth-order valence-electron chi connectivity index (χ4n) is 1.54. The van der Waals surface area contributed by atoms with E-state index in [9.17, 15) is 0 Å². The second-order valence-corrected chi connectivity index (χ2v) is 5.49. The van der Waals surface area contributed by atoms with Crippen molar-refractivity contribution in [2.45, 2.75) is 26.8 Å². The van der Waals surface area contributed by atoms with E-state index in [0.717, 1.165) is 5.01 Å². The van der Waals surface area contributed by atoms with Gasteiger partial charge in [-0.15, -0.1) is 11.3 Å². The van der Waals surface area contributed by atoms with Gasteiger partial charge in [-0.05, 0) is 25.0 Å². The van der Waals surface area contributed by atoms with Gasteiger partial charge in [0.05, 0.1) is 0 Å². The van der Waals surface area contributed by atoms with Crippen LogP contribution >= 0.6 is 11.3 Å². The Morgan fingerprint density at radius 3 is 2.71 bits per heavy atom. The third-order valence-corrected chi connectivity index (χ3v) is 3.76. The number of thiazole rings is 1. The molecule has 0 fully saturated rings. The van der Waals surface area contributed by atoms with Gasteiger partial charge in [0.1, 0.15) is 5.01 Å². The van der Waals surface area contributed by atoms with Gasteiger partial charge in [-0.1, -0.05) is 26.0 Å². The molecule has 0 radical (unpaired) electrons. The van der Waals surface area contributed by atoms with Crippen molar-refractivity contribution in [1.29, 1.82) is 0 Å². The molecule has 0 bridgehead atoms. The van der Waals surface area contributed by atoms with Crippen LogP contribution in [0.3, 0.4) is 0 Å². The molecule has 0 aliphatic carbocycles. The van der Waals surface area contributed by atoms with E-state index in [2.05, 4.69) is 55.3 Å². The number of rotatable bonds is 4. The molecule has 1 heterocycles. The SMILES string of the molecule is CC(C)C(C)Nc1cccc(-c2nccs2)c1. The number of anilines is 1. The van der Waals surface area contributed by atoms with Crippen LogP contribution in [0.15, 0.2) is 35.8 Å². The number of benzene rings is 1. The fourth-order valence-corrected chi connectivity index (χ4v) is 2.17. The minimum absolute atomic E-state index is 0.474. The van der Waals surface area contributed by atoms with Crippen molar-refractivity contribution in [3.05, 3.63) is 35.8 Å². The maximum Gasteiger partial charge on any atom is 0.123 e. The first-order valence-corrected chi connectivity index (χ1v) is 6.81. The van der Waals surface area contributed by atoms with E-state index in [1.54, 1.807) is 11.3 Å². The molecule has 0 spiro atoms. The van der Waals surface area contributed by atoms with Crippen molar-refractivity contribution < 1.29 is 0 Å². The summed E-state index contributed by atoms with van der Waals surface area (Å²) >= 11 is 1.67. The van der Waals surface area contributed by atoms with Crippen molar-refractivity contribution in [2.24, 2.45) is 5.92 Å². The maximum absolute atomic E-state index is 4.33. The van der Waals surface area contributed by atoms with Crippen LogP contribution in [-0.2, 0) is 0 Å². The van der Waals surface area contributed by atoms with E-state index in [-0.39, 0.29) is 0 Å². The molecule has 0 aliphatic rings. The average molecular weight is 246 g/mol. The van der Waals surface area contributed by atoms with Crippen LogP contribution in [0.1, 0.15) is 20.8 Å². The second-order valence-electron chi connectivity index (χ2n) is 4.60. The average Bonchev–Trinajstić information content (AvgIpc) is 2.82. The monoisotopic (exact) mass is 246 g/mol. The molecule has 0 amide bonds. The van der Waals surface area contributed by atoms with Crippen molar-refractivity contribution in [3.63, 3.8) is 0 Å². The molecule has 2 rings (SSSR count). The highest BCUT2D eigenvalue weighted by Gasteiger charge is 2.07. The normalized spacial score (nSPS) is 12.7. The molecule has 1 aromatic carbocycles. The van der Waals surface area contributed by atoms with Crippen LogP contribution in [0.2, 0.25) is 0 Å². The lowest BCUT2D eigenvalue weighted by molar-refractivity contribution is 0.560. The van der Waals surface area contributed by atoms with E-state index >= 15 is 0 Å². The van der Waals surface area contributed by atoms with E-state index in [1.807, 2.05) is 11.6 Å². The lowest BCUT2D eigenvalue weighted by Gasteiger charge is -2.19. The first kappa shape index (κ1) is 12.1. The zero-order valence-electron chi connectivity index (χ0n) is 10.5. The summed E-state index contributed by atoms with van der Waals surface area (Å²) in [4.78, 5) is 4.33. The minimum Gasteiger partial charge on any atom is -0.382 e. The lowest BCUT2D eigenvalue weighted by atomic mass is 10.1. The molecule has 0 saturated carbocycles. The molecule has 0 saturated heterocycles. The second kappa shape index (κ2) is 5.32. The smallest absolute Gasteiger partial charge is 0.123 e. The summed E-state index contributed by atoms with van der Waals surface area (Å²) in [6, 6.07) is 8.92. The maximum atomic E-state index is 4.33. The summed E-state index contributed by atoms with van der Waals surface area (Å²) in [5.74, 6) is 0.624. The molecule has 1 N–H and O–H groups in total. The molecule has 90 valence electrons. The Hall–Kier alpha value is -1.35. The Bertz CT molecular complexity index is 463. The molecule has 17 heavy (non-hydrogen) atoms. The van der Waals surface area contributed by atoms with Crippen molar-refractivity contribution in [2.75, 3.05) is 5.32 Å². The number of nitrogens with zero attached hydrogens (tertiary/aromatic N) is 1. The predicted molar refractivity (Wildman–Crippen MR) is 75.5 cm³/mol. The van der Waals surface area contributed by atoms with Crippen LogP contribution in [0.25, 0.3) is 10.6 Å². The Labute approximate surface area is 107 Å². The lowest BCUT2D eigenvalue weighted by Crippen LogP contribution is -2.21. The molecular weight excluding hydrogens is 228 g/mol. The van der Waals surface area contributed by atoms with Gasteiger partial charge in [0.25, 0.3) is 0 Å². The van der Waals surface area contributed by atoms with Crippen LogP contribution in [0.4, 0.5) is 5.69 Å². The molecule has 1 aromatic heterocycles. The first-order valence-electron chi connectivity index (χ1n) is 5.93. The summed E-state index contributed by atoms with van der Waals surface area (Å²) < 4.78 is 0. The highest BCUT2D eigenvalue weighted by Crippen LogP contribution is 2.25. The van der Waals surface area contributed by atoms with Gasteiger partial charge in [-0.3, -0.25) is 0 Å². The van der Waals surface area contributed by atoms with Crippen molar-refractivity contribution in [1.82, 2.24) is 4.98 Å². The zero-order chi connectivity index (χ0) is 12.3. The van der Waals surface area contributed by atoms with Crippen LogP contribution in [-0.4, -0.2) is 11.0 Å². The summed E-state index contributed by atoms with van der Waals surface area (Å²) in [6.07, 6.45) is 1.84. The van der Waals surface area contributed by atoms with Crippen molar-refractivity contribution in [3.8, 4) is 10.6 Å². The third-order valence-electron chi connectivity index (χ3n) is 2.94. The topological polar surface area (TPSA) is 24.9 Å². The minimum atomic E-state index is 0.474. The molecule has 3 heteroatoms. The summed E-state index contributed by atoms with van der Waals surface area (Å²) in [5, 5.41) is 6.60. The first-order chi connectivity index (χ1) is 8.16. The predicted octanol–water partition coefficient (Wildman–Crippen LogP) is 4.27. The van der Waals surface area contributed by atoms with Gasteiger partial charge < -0.3 is 5.32 Å². The molecule has 2 aromatic rings. The molecular formula is C14H18N2S. The van der Waals surface area contributed by atoms with E-state index in [1.165, 1.54) is 11.3 Å². The van der Waals surface area contributed by atoms with E-state index in [4.69, 9.17) is 0 Å². The molecule has 0 aliphatic heterocycles. The standard InChI is InChI=1S/C14H18N2S/c1-10(2)11(3)16-13-6-4-5-12(9-13)14-15-7-8-17-14/h4-11,16H,1-3H3. The van der Waals surface area contributed by atoms with Gasteiger partial charge in [0.2, 0.25) is 0 Å². The van der Waals surface area contributed by atoms with Crippen LogP contribution < -0.4 is 5.32 Å². The number of nitrogens with one attached hydrogen (secondary N) is 1. The van der Waals surface area contributed by atoms with Crippen molar-refractivity contribution >= 4 is 17.0 Å². The van der Waals surface area contributed by atoms with Gasteiger partial charge >= 0.3 is 0 Å². The Morgan fingerprint density at radius 1 is 1.24 bits per heavy atom. The summed E-state index contributed by atoms with van der Waals surface area (Å²) in [5.41, 5.74) is 2.35. The summed E-state index contributed by atoms with van der Waals surface area (Å²) in [7, 11) is 0. The zero-order valence-corrected chi connectivity index (χ0v) is 11.3. The molecule has 1 atom stereocenters. The Morgan fingerprint density at radius 2 is 2.06 bits per heavy atom. The summed E-state index contributed by atoms with van der Waals surface area (Å²) in [6.45, 7) is 6.66. The molecule has 2 nitrogen and oxygen atoms in total. The van der Waals surface area contributed by atoms with E-state index < -0.39 is 0 Å². The molecule has 1 unspecified atom stereocenters. The largest absolute Gasteiger partial charge is 0.382 e. The quantitative estimate of drug-likeness (QED) is 0.871. The Kier molecular flexibility index (Phi) is 3.79. The Balaban J connectivity index is 2.18. The van der Waals surface area contributed by atoms with Crippen LogP contribution in [0, 0.1) is 5.92 Å². The van der Waals surface area contributed by atoms with Gasteiger partial charge in [0, 0.05) is 28.9 Å². The fraction of sp³-hybridized carbons (Fsp3) is 0.357. The van der Waals surface area contributed by atoms with E-state index in [0.29, 0.717) is 12.0 Å². The number of hydrogen-bond donors (Lipinski definition) is 1. The number of aromatic nitrogens is 1. The van der Waals surface area contributed by atoms with Gasteiger partial charge in [-0.2, -0.15) is 0 Å². The van der Waals surface area contributed by atoms with Gasteiger partial charge in [0.15, 0.2) is 0 Å². The van der Waals surface area contributed by atoms with Crippen LogP contribution in [0.5, 0.6) is 0 Å². The van der Waals surface area contributed by atoms with Gasteiger partial charge in [-0.25, -0.2) is 4.98 Å².